The molecule has 2 saturated heterocycles. The number of hydrogen-bond acceptors (Lipinski definition) is 4. The summed E-state index contributed by atoms with van der Waals surface area (Å²) >= 11 is 0. The topological polar surface area (TPSA) is 51.7 Å². The average Bonchev–Trinajstić information content (AvgIpc) is 3.07. The Hall–Kier alpha value is -2.40. The number of carbonyl (C=O) groups excluding carboxylic acids is 1. The Morgan fingerprint density at radius 3 is 2.78 bits per heavy atom. The molecule has 3 heterocycles. The lowest BCUT2D eigenvalue weighted by molar-refractivity contribution is 0.0186. The van der Waals surface area contributed by atoms with E-state index in [0.717, 1.165) is 6.42 Å². The predicted molar refractivity (Wildman–Crippen MR) is 103 cm³/mol. The van der Waals surface area contributed by atoms with Crippen molar-refractivity contribution in [1.82, 2.24) is 9.88 Å². The van der Waals surface area contributed by atoms with Gasteiger partial charge in [0, 0.05) is 37.1 Å². The van der Waals surface area contributed by atoms with Crippen LogP contribution in [0.2, 0.25) is 0 Å². The lowest BCUT2D eigenvalue weighted by atomic mass is 9.84. The maximum absolute atomic E-state index is 13.3. The molecule has 0 saturated carbocycles. The molecule has 1 amide bonds. The number of carbonyl (C=O) groups is 1. The van der Waals surface area contributed by atoms with Crippen LogP contribution in [-0.4, -0.2) is 47.7 Å². The van der Waals surface area contributed by atoms with Crippen molar-refractivity contribution < 1.29 is 14.3 Å². The highest BCUT2D eigenvalue weighted by molar-refractivity contribution is 5.93. The molecule has 0 spiro atoms. The SMILES string of the molecule is CC(C)Oc1cccc(C(=O)N2CC(c3ccccc3)C3COCCC32)n1. The minimum absolute atomic E-state index is 0.0143. The molecule has 4 rings (SSSR count). The quantitative estimate of drug-likeness (QED) is 0.831. The van der Waals surface area contributed by atoms with Crippen molar-refractivity contribution in [2.45, 2.75) is 38.3 Å². The van der Waals surface area contributed by atoms with E-state index >= 15 is 0 Å². The summed E-state index contributed by atoms with van der Waals surface area (Å²) in [6, 6.07) is 16.1. The van der Waals surface area contributed by atoms with Crippen LogP contribution >= 0.6 is 0 Å². The summed E-state index contributed by atoms with van der Waals surface area (Å²) in [7, 11) is 0. The van der Waals surface area contributed by atoms with Crippen molar-refractivity contribution in [2.75, 3.05) is 19.8 Å². The molecule has 2 aliphatic heterocycles. The van der Waals surface area contributed by atoms with E-state index in [-0.39, 0.29) is 18.1 Å². The first-order chi connectivity index (χ1) is 13.1. The maximum Gasteiger partial charge on any atom is 0.272 e. The van der Waals surface area contributed by atoms with Gasteiger partial charge in [0.1, 0.15) is 5.69 Å². The van der Waals surface area contributed by atoms with E-state index in [4.69, 9.17) is 9.47 Å². The first kappa shape index (κ1) is 18.0. The number of hydrogen-bond donors (Lipinski definition) is 0. The summed E-state index contributed by atoms with van der Waals surface area (Å²) in [4.78, 5) is 19.7. The highest BCUT2D eigenvalue weighted by Crippen LogP contribution is 2.41. The van der Waals surface area contributed by atoms with Gasteiger partial charge in [0.2, 0.25) is 5.88 Å². The molecule has 3 atom stereocenters. The van der Waals surface area contributed by atoms with Crippen LogP contribution in [0.5, 0.6) is 5.88 Å². The number of likely N-dealkylation sites (tertiary alicyclic amines) is 1. The van der Waals surface area contributed by atoms with Crippen LogP contribution in [0.15, 0.2) is 48.5 Å². The second kappa shape index (κ2) is 7.69. The minimum atomic E-state index is -0.0143. The van der Waals surface area contributed by atoms with Crippen LogP contribution in [0.25, 0.3) is 0 Å². The van der Waals surface area contributed by atoms with Gasteiger partial charge >= 0.3 is 0 Å². The zero-order chi connectivity index (χ0) is 18.8. The maximum atomic E-state index is 13.3. The van der Waals surface area contributed by atoms with Crippen LogP contribution in [0.1, 0.15) is 42.2 Å². The van der Waals surface area contributed by atoms with Crippen molar-refractivity contribution in [3.63, 3.8) is 0 Å². The molecule has 3 unspecified atom stereocenters. The van der Waals surface area contributed by atoms with Crippen LogP contribution in [0.4, 0.5) is 0 Å². The van der Waals surface area contributed by atoms with Gasteiger partial charge in [-0.25, -0.2) is 4.98 Å². The molecule has 1 aromatic heterocycles. The molecule has 2 aromatic rings. The number of ether oxygens (including phenoxy) is 2. The predicted octanol–water partition coefficient (Wildman–Crippen LogP) is 3.51. The second-order valence-electron chi connectivity index (χ2n) is 7.60. The summed E-state index contributed by atoms with van der Waals surface area (Å²) < 4.78 is 11.4. The van der Waals surface area contributed by atoms with Gasteiger partial charge in [0.25, 0.3) is 5.91 Å². The zero-order valence-corrected chi connectivity index (χ0v) is 15.9. The molecular weight excluding hydrogens is 340 g/mol. The van der Waals surface area contributed by atoms with Crippen molar-refractivity contribution in [3.05, 3.63) is 59.8 Å². The number of nitrogens with zero attached hydrogens (tertiary/aromatic N) is 2. The van der Waals surface area contributed by atoms with E-state index in [1.54, 1.807) is 12.1 Å². The van der Waals surface area contributed by atoms with Gasteiger partial charge < -0.3 is 14.4 Å². The molecular formula is C22H26N2O3. The standard InChI is InChI=1S/C22H26N2O3/c1-15(2)27-21-10-6-9-19(23-21)22(25)24-13-17(16-7-4-3-5-8-16)18-14-26-12-11-20(18)24/h3-10,15,17-18,20H,11-14H2,1-2H3. The highest BCUT2D eigenvalue weighted by Gasteiger charge is 2.46. The van der Waals surface area contributed by atoms with Crippen LogP contribution in [-0.2, 0) is 4.74 Å². The summed E-state index contributed by atoms with van der Waals surface area (Å²) in [5, 5.41) is 0. The summed E-state index contributed by atoms with van der Waals surface area (Å²) in [5.74, 6) is 1.12. The zero-order valence-electron chi connectivity index (χ0n) is 15.9. The smallest absolute Gasteiger partial charge is 0.272 e. The van der Waals surface area contributed by atoms with Crippen LogP contribution in [0.3, 0.4) is 0 Å². The fourth-order valence-electron chi connectivity index (χ4n) is 4.28. The summed E-state index contributed by atoms with van der Waals surface area (Å²) in [6.45, 7) is 6.02. The minimum Gasteiger partial charge on any atom is -0.475 e. The Morgan fingerprint density at radius 1 is 1.19 bits per heavy atom. The third-order valence-electron chi connectivity index (χ3n) is 5.46. The van der Waals surface area contributed by atoms with Crippen LogP contribution in [0, 0.1) is 5.92 Å². The van der Waals surface area contributed by atoms with E-state index in [9.17, 15) is 4.79 Å². The van der Waals surface area contributed by atoms with E-state index in [2.05, 4.69) is 29.2 Å². The highest BCUT2D eigenvalue weighted by atomic mass is 16.5. The van der Waals surface area contributed by atoms with Gasteiger partial charge in [-0.05, 0) is 31.9 Å². The van der Waals surface area contributed by atoms with Gasteiger partial charge in [0.05, 0.1) is 12.7 Å². The number of pyridine rings is 1. The Morgan fingerprint density at radius 2 is 2.00 bits per heavy atom. The molecule has 0 aliphatic carbocycles. The lowest BCUT2D eigenvalue weighted by Crippen LogP contribution is -2.42. The van der Waals surface area contributed by atoms with Gasteiger partial charge in [-0.3, -0.25) is 4.79 Å². The first-order valence-corrected chi connectivity index (χ1v) is 9.71. The third kappa shape index (κ3) is 3.69. The molecule has 0 bridgehead atoms. The molecule has 5 heteroatoms. The second-order valence-corrected chi connectivity index (χ2v) is 7.60. The summed E-state index contributed by atoms with van der Waals surface area (Å²) in [6.07, 6.45) is 0.902. The molecule has 142 valence electrons. The van der Waals surface area contributed by atoms with Crippen molar-refractivity contribution >= 4 is 5.91 Å². The molecule has 5 nitrogen and oxygen atoms in total. The fraction of sp³-hybridized carbons (Fsp3) is 0.455. The average molecular weight is 366 g/mol. The molecule has 0 radical (unpaired) electrons. The van der Waals surface area contributed by atoms with E-state index < -0.39 is 0 Å². The van der Waals surface area contributed by atoms with E-state index in [0.29, 0.717) is 43.2 Å². The number of rotatable bonds is 4. The fourth-order valence-corrected chi connectivity index (χ4v) is 4.28. The van der Waals surface area contributed by atoms with Crippen molar-refractivity contribution in [2.24, 2.45) is 5.92 Å². The summed E-state index contributed by atoms with van der Waals surface area (Å²) in [5.41, 5.74) is 1.73. The number of benzene rings is 1. The Bertz CT molecular complexity index is 793. The molecule has 2 aliphatic rings. The molecule has 1 aromatic carbocycles. The monoisotopic (exact) mass is 366 g/mol. The number of aromatic nitrogens is 1. The lowest BCUT2D eigenvalue weighted by Gasteiger charge is -2.32. The Labute approximate surface area is 160 Å². The normalized spacial score (nSPS) is 24.7. The first-order valence-electron chi connectivity index (χ1n) is 9.71. The number of fused-ring (bicyclic) bond motifs is 1. The van der Waals surface area contributed by atoms with Gasteiger partial charge in [-0.1, -0.05) is 36.4 Å². The Balaban J connectivity index is 1.60. The van der Waals surface area contributed by atoms with Gasteiger partial charge in [0.15, 0.2) is 0 Å². The third-order valence-corrected chi connectivity index (χ3v) is 5.46. The molecule has 27 heavy (non-hydrogen) atoms. The largest absolute Gasteiger partial charge is 0.475 e. The van der Waals surface area contributed by atoms with Gasteiger partial charge in [-0.2, -0.15) is 0 Å². The van der Waals surface area contributed by atoms with Crippen molar-refractivity contribution in [1.29, 1.82) is 0 Å². The number of amides is 1. The molecule has 2 fully saturated rings. The van der Waals surface area contributed by atoms with Crippen molar-refractivity contribution in [3.8, 4) is 5.88 Å². The van der Waals surface area contributed by atoms with Crippen LogP contribution < -0.4 is 4.74 Å². The molecule has 0 N–H and O–H groups in total. The van der Waals surface area contributed by atoms with Gasteiger partial charge in [-0.15, -0.1) is 0 Å². The van der Waals surface area contributed by atoms with E-state index in [1.807, 2.05) is 30.9 Å². The van der Waals surface area contributed by atoms with E-state index in [1.165, 1.54) is 5.56 Å². The Kier molecular flexibility index (Phi) is 5.12.